The van der Waals surface area contributed by atoms with Gasteiger partial charge in [0.25, 0.3) is 0 Å². The average molecular weight is 339 g/mol. The second-order valence-electron chi connectivity index (χ2n) is 6.30. The fourth-order valence-electron chi connectivity index (χ4n) is 2.91. The maximum Gasteiger partial charge on any atom is 0.229 e. The van der Waals surface area contributed by atoms with Crippen molar-refractivity contribution < 1.29 is 9.59 Å². The molecule has 0 spiro atoms. The molecular formula is C18H21N5O2. The lowest BCUT2D eigenvalue weighted by atomic mass is 10.1. The third-order valence-corrected chi connectivity index (χ3v) is 4.17. The number of hydrogen-bond donors (Lipinski definition) is 1. The zero-order chi connectivity index (χ0) is 17.8. The molecule has 1 atom stereocenters. The molecule has 1 N–H and O–H groups in total. The van der Waals surface area contributed by atoms with E-state index in [4.69, 9.17) is 0 Å². The van der Waals surface area contributed by atoms with E-state index >= 15 is 0 Å². The Hall–Kier alpha value is -2.96. The first kappa shape index (κ1) is 16.9. The van der Waals surface area contributed by atoms with Gasteiger partial charge in [-0.05, 0) is 5.56 Å². The minimum absolute atomic E-state index is 0.00106. The van der Waals surface area contributed by atoms with E-state index in [0.29, 0.717) is 24.6 Å². The van der Waals surface area contributed by atoms with Crippen LogP contribution in [0.1, 0.15) is 12.0 Å². The number of benzene rings is 1. The Kier molecular flexibility index (Phi) is 4.92. The van der Waals surface area contributed by atoms with Gasteiger partial charge < -0.3 is 15.1 Å². The topological polar surface area (TPSA) is 78.4 Å². The SMILES string of the molecule is CN(C)c1ncncc1NC(=O)[C@@H]1CC(=O)N(Cc2ccccc2)C1. The van der Waals surface area contributed by atoms with E-state index in [1.807, 2.05) is 44.4 Å². The molecule has 130 valence electrons. The summed E-state index contributed by atoms with van der Waals surface area (Å²) in [5.74, 6) is 0.0863. The Morgan fingerprint density at radius 1 is 1.32 bits per heavy atom. The molecule has 3 rings (SSSR count). The standard InChI is InChI=1S/C18H21N5O2/c1-22(2)17-15(9-19-12-20-17)21-18(25)14-8-16(24)23(11-14)10-13-6-4-3-5-7-13/h3-7,9,12,14H,8,10-11H2,1-2H3,(H,21,25)/t14-/m1/s1. The van der Waals surface area contributed by atoms with Gasteiger partial charge in [-0.2, -0.15) is 0 Å². The predicted octanol–water partition coefficient (Wildman–Crippen LogP) is 1.53. The first-order valence-electron chi connectivity index (χ1n) is 8.14. The van der Waals surface area contributed by atoms with Crippen molar-refractivity contribution in [3.63, 3.8) is 0 Å². The van der Waals surface area contributed by atoms with Crippen molar-refractivity contribution in [1.29, 1.82) is 0 Å². The summed E-state index contributed by atoms with van der Waals surface area (Å²) in [6.07, 6.45) is 3.23. The first-order valence-corrected chi connectivity index (χ1v) is 8.14. The molecule has 0 bridgehead atoms. The second kappa shape index (κ2) is 7.29. The molecule has 0 saturated carbocycles. The number of amides is 2. The van der Waals surface area contributed by atoms with Crippen LogP contribution in [0.15, 0.2) is 42.9 Å². The molecule has 0 unspecified atom stereocenters. The van der Waals surface area contributed by atoms with Crippen LogP contribution in [0.25, 0.3) is 0 Å². The average Bonchev–Trinajstić information content (AvgIpc) is 2.97. The van der Waals surface area contributed by atoms with Gasteiger partial charge in [0.1, 0.15) is 12.0 Å². The first-order chi connectivity index (χ1) is 12.0. The van der Waals surface area contributed by atoms with Gasteiger partial charge in [0, 0.05) is 33.6 Å². The monoisotopic (exact) mass is 339 g/mol. The third kappa shape index (κ3) is 3.93. The highest BCUT2D eigenvalue weighted by Crippen LogP contribution is 2.24. The van der Waals surface area contributed by atoms with Gasteiger partial charge in [-0.15, -0.1) is 0 Å². The van der Waals surface area contributed by atoms with Crippen molar-refractivity contribution in [2.24, 2.45) is 5.92 Å². The summed E-state index contributed by atoms with van der Waals surface area (Å²) in [6, 6.07) is 9.78. The van der Waals surface area contributed by atoms with Crippen LogP contribution >= 0.6 is 0 Å². The molecule has 1 aliphatic heterocycles. The lowest BCUT2D eigenvalue weighted by molar-refractivity contribution is -0.128. The zero-order valence-electron chi connectivity index (χ0n) is 14.3. The maximum atomic E-state index is 12.6. The Morgan fingerprint density at radius 2 is 2.08 bits per heavy atom. The van der Waals surface area contributed by atoms with Crippen LogP contribution in [0.5, 0.6) is 0 Å². The zero-order valence-corrected chi connectivity index (χ0v) is 14.3. The van der Waals surface area contributed by atoms with Gasteiger partial charge in [-0.1, -0.05) is 30.3 Å². The number of likely N-dealkylation sites (tertiary alicyclic amines) is 1. The number of aromatic nitrogens is 2. The molecule has 7 nitrogen and oxygen atoms in total. The van der Waals surface area contributed by atoms with E-state index in [-0.39, 0.29) is 24.2 Å². The molecular weight excluding hydrogens is 318 g/mol. The van der Waals surface area contributed by atoms with Crippen molar-refractivity contribution in [3.8, 4) is 0 Å². The number of carbonyl (C=O) groups excluding carboxylic acids is 2. The van der Waals surface area contributed by atoms with Crippen LogP contribution < -0.4 is 10.2 Å². The number of hydrogen-bond acceptors (Lipinski definition) is 5. The largest absolute Gasteiger partial charge is 0.361 e. The van der Waals surface area contributed by atoms with E-state index in [1.165, 1.54) is 6.33 Å². The number of carbonyl (C=O) groups is 2. The Bertz CT molecular complexity index is 763. The van der Waals surface area contributed by atoms with Crippen molar-refractivity contribution in [1.82, 2.24) is 14.9 Å². The summed E-state index contributed by atoms with van der Waals surface area (Å²) in [7, 11) is 3.69. The second-order valence-corrected chi connectivity index (χ2v) is 6.30. The summed E-state index contributed by atoms with van der Waals surface area (Å²) in [5, 5.41) is 2.85. The lowest BCUT2D eigenvalue weighted by Gasteiger charge is -2.18. The van der Waals surface area contributed by atoms with Gasteiger partial charge in [0.15, 0.2) is 5.82 Å². The van der Waals surface area contributed by atoms with E-state index in [0.717, 1.165) is 5.56 Å². The number of anilines is 2. The summed E-state index contributed by atoms with van der Waals surface area (Å²) in [5.41, 5.74) is 1.61. The molecule has 1 saturated heterocycles. The van der Waals surface area contributed by atoms with E-state index < -0.39 is 0 Å². The molecule has 1 fully saturated rings. The van der Waals surface area contributed by atoms with Crippen molar-refractivity contribution in [3.05, 3.63) is 48.4 Å². The van der Waals surface area contributed by atoms with Crippen LogP contribution in [-0.2, 0) is 16.1 Å². The summed E-state index contributed by atoms with van der Waals surface area (Å²) in [6.45, 7) is 0.950. The Morgan fingerprint density at radius 3 is 2.80 bits per heavy atom. The van der Waals surface area contributed by atoms with Crippen molar-refractivity contribution in [2.45, 2.75) is 13.0 Å². The number of rotatable bonds is 5. The summed E-state index contributed by atoms with van der Waals surface area (Å²) < 4.78 is 0. The summed E-state index contributed by atoms with van der Waals surface area (Å²) in [4.78, 5) is 36.5. The predicted molar refractivity (Wildman–Crippen MR) is 95.0 cm³/mol. The molecule has 25 heavy (non-hydrogen) atoms. The molecule has 2 amide bonds. The van der Waals surface area contributed by atoms with Gasteiger partial charge in [-0.3, -0.25) is 9.59 Å². The van der Waals surface area contributed by atoms with Gasteiger partial charge >= 0.3 is 0 Å². The molecule has 1 aliphatic rings. The summed E-state index contributed by atoms with van der Waals surface area (Å²) >= 11 is 0. The molecule has 1 aromatic carbocycles. The maximum absolute atomic E-state index is 12.6. The normalized spacial score (nSPS) is 16.8. The van der Waals surface area contributed by atoms with Crippen molar-refractivity contribution >= 4 is 23.3 Å². The number of nitrogens with one attached hydrogen (secondary N) is 1. The van der Waals surface area contributed by atoms with E-state index in [9.17, 15) is 9.59 Å². The molecule has 0 radical (unpaired) electrons. The highest BCUT2D eigenvalue weighted by molar-refractivity contribution is 5.98. The van der Waals surface area contributed by atoms with Crippen LogP contribution in [0, 0.1) is 5.92 Å². The molecule has 7 heteroatoms. The molecule has 2 heterocycles. The highest BCUT2D eigenvalue weighted by atomic mass is 16.2. The highest BCUT2D eigenvalue weighted by Gasteiger charge is 2.34. The van der Waals surface area contributed by atoms with Crippen LogP contribution in [-0.4, -0.2) is 47.3 Å². The quantitative estimate of drug-likeness (QED) is 0.894. The molecule has 0 aliphatic carbocycles. The Labute approximate surface area is 146 Å². The smallest absolute Gasteiger partial charge is 0.229 e. The molecule has 2 aromatic rings. The molecule has 1 aromatic heterocycles. The van der Waals surface area contributed by atoms with E-state index in [2.05, 4.69) is 15.3 Å². The fourth-order valence-corrected chi connectivity index (χ4v) is 2.91. The minimum atomic E-state index is -0.369. The fraction of sp³-hybridized carbons (Fsp3) is 0.333. The van der Waals surface area contributed by atoms with Gasteiger partial charge in [0.2, 0.25) is 11.8 Å². The number of nitrogens with zero attached hydrogens (tertiary/aromatic N) is 4. The lowest BCUT2D eigenvalue weighted by Crippen LogP contribution is -2.28. The van der Waals surface area contributed by atoms with Gasteiger partial charge in [-0.25, -0.2) is 9.97 Å². The van der Waals surface area contributed by atoms with Crippen LogP contribution in [0.2, 0.25) is 0 Å². The Balaban J connectivity index is 1.65. The van der Waals surface area contributed by atoms with Crippen LogP contribution in [0.4, 0.5) is 11.5 Å². The van der Waals surface area contributed by atoms with E-state index in [1.54, 1.807) is 16.0 Å². The van der Waals surface area contributed by atoms with Crippen LogP contribution in [0.3, 0.4) is 0 Å². The third-order valence-electron chi connectivity index (χ3n) is 4.17. The minimum Gasteiger partial charge on any atom is -0.361 e. The van der Waals surface area contributed by atoms with Crippen molar-refractivity contribution in [2.75, 3.05) is 30.9 Å². The van der Waals surface area contributed by atoms with Gasteiger partial charge in [0.05, 0.1) is 12.1 Å².